The lowest BCUT2D eigenvalue weighted by molar-refractivity contribution is 0.134. The zero-order valence-electron chi connectivity index (χ0n) is 8.36. The summed E-state index contributed by atoms with van der Waals surface area (Å²) in [7, 11) is 1.73. The molecule has 0 fully saturated rings. The van der Waals surface area contributed by atoms with Crippen LogP contribution in [-0.2, 0) is 4.74 Å². The second-order valence-electron chi connectivity index (χ2n) is 3.69. The molecule has 0 saturated heterocycles. The Bertz CT molecular complexity index is 352. The van der Waals surface area contributed by atoms with Gasteiger partial charge in [0.2, 0.25) is 0 Å². The van der Waals surface area contributed by atoms with Crippen LogP contribution in [0.4, 0.5) is 4.79 Å². The Labute approximate surface area is 83.3 Å². The third-order valence-corrected chi connectivity index (χ3v) is 2.39. The van der Waals surface area contributed by atoms with Crippen LogP contribution in [0, 0.1) is 5.92 Å². The van der Waals surface area contributed by atoms with Crippen LogP contribution in [0.25, 0.3) is 0 Å². The summed E-state index contributed by atoms with van der Waals surface area (Å²) < 4.78 is 5.16. The number of rotatable bonds is 0. The molecule has 3 nitrogen and oxygen atoms in total. The Balaban J connectivity index is 2.32. The van der Waals surface area contributed by atoms with E-state index in [2.05, 4.69) is 13.0 Å². The number of allylic oxidation sites excluding steroid dienone is 3. The van der Waals surface area contributed by atoms with Crippen molar-refractivity contribution < 1.29 is 9.53 Å². The Hall–Kier alpha value is -1.51. The van der Waals surface area contributed by atoms with Gasteiger partial charge in [0.1, 0.15) is 5.76 Å². The van der Waals surface area contributed by atoms with Gasteiger partial charge in [-0.1, -0.05) is 25.2 Å². The second-order valence-corrected chi connectivity index (χ2v) is 3.69. The Kier molecular flexibility index (Phi) is 2.15. The minimum atomic E-state index is -0.281. The van der Waals surface area contributed by atoms with E-state index in [1.165, 1.54) is 0 Å². The van der Waals surface area contributed by atoms with Gasteiger partial charge in [-0.15, -0.1) is 0 Å². The quantitative estimate of drug-likeness (QED) is 0.586. The second kappa shape index (κ2) is 3.33. The van der Waals surface area contributed by atoms with Crippen molar-refractivity contribution in [2.75, 3.05) is 13.6 Å². The van der Waals surface area contributed by atoms with Crippen LogP contribution in [0.3, 0.4) is 0 Å². The molecule has 0 saturated carbocycles. The summed E-state index contributed by atoms with van der Waals surface area (Å²) in [6.07, 6.45) is 7.76. The third-order valence-electron chi connectivity index (χ3n) is 2.39. The summed E-state index contributed by atoms with van der Waals surface area (Å²) >= 11 is 0. The van der Waals surface area contributed by atoms with E-state index in [1.54, 1.807) is 11.9 Å². The molecule has 2 aliphatic rings. The van der Waals surface area contributed by atoms with E-state index in [0.717, 1.165) is 5.57 Å². The normalized spacial score (nSPS) is 26.0. The van der Waals surface area contributed by atoms with Gasteiger partial charge < -0.3 is 9.64 Å². The smallest absolute Gasteiger partial charge is 0.410 e. The molecule has 1 unspecified atom stereocenters. The monoisotopic (exact) mass is 191 g/mol. The molecule has 2 rings (SSSR count). The van der Waals surface area contributed by atoms with Crippen molar-refractivity contribution in [3.63, 3.8) is 0 Å². The molecule has 1 amide bonds. The van der Waals surface area contributed by atoms with Crippen LogP contribution < -0.4 is 0 Å². The highest BCUT2D eigenvalue weighted by Crippen LogP contribution is 2.22. The van der Waals surface area contributed by atoms with Crippen molar-refractivity contribution in [2.45, 2.75) is 6.92 Å². The van der Waals surface area contributed by atoms with Crippen LogP contribution >= 0.6 is 0 Å². The molecular weight excluding hydrogens is 178 g/mol. The van der Waals surface area contributed by atoms with E-state index < -0.39 is 0 Å². The van der Waals surface area contributed by atoms with Gasteiger partial charge in [0.25, 0.3) is 0 Å². The highest BCUT2D eigenvalue weighted by molar-refractivity contribution is 5.71. The molecule has 14 heavy (non-hydrogen) atoms. The minimum absolute atomic E-state index is 0.281. The average Bonchev–Trinajstić information content (AvgIpc) is 2.31. The van der Waals surface area contributed by atoms with Gasteiger partial charge in [0, 0.05) is 12.6 Å². The standard InChI is InChI=1S/C11H13NO2/c1-8-3-5-9-7-12(2)11(13)14-10(9)6-4-8/h3-6,8H,7H2,1-2H3. The largest absolute Gasteiger partial charge is 0.415 e. The van der Waals surface area contributed by atoms with E-state index in [0.29, 0.717) is 18.2 Å². The summed E-state index contributed by atoms with van der Waals surface area (Å²) in [5.74, 6) is 1.08. The minimum Gasteiger partial charge on any atom is -0.410 e. The van der Waals surface area contributed by atoms with E-state index in [4.69, 9.17) is 4.74 Å². The van der Waals surface area contributed by atoms with Crippen molar-refractivity contribution in [1.29, 1.82) is 0 Å². The zero-order chi connectivity index (χ0) is 10.1. The van der Waals surface area contributed by atoms with Gasteiger partial charge in [-0.2, -0.15) is 0 Å². The van der Waals surface area contributed by atoms with E-state index in [1.807, 2.05) is 18.2 Å². The number of amides is 1. The van der Waals surface area contributed by atoms with Crippen LogP contribution in [0.1, 0.15) is 6.92 Å². The lowest BCUT2D eigenvalue weighted by Gasteiger charge is -2.24. The molecule has 0 bridgehead atoms. The fraction of sp³-hybridized carbons (Fsp3) is 0.364. The first kappa shape index (κ1) is 9.06. The maximum atomic E-state index is 11.3. The van der Waals surface area contributed by atoms with Crippen LogP contribution in [0.5, 0.6) is 0 Å². The number of hydrogen-bond donors (Lipinski definition) is 0. The highest BCUT2D eigenvalue weighted by Gasteiger charge is 2.22. The summed E-state index contributed by atoms with van der Waals surface area (Å²) in [5.41, 5.74) is 1.06. The van der Waals surface area contributed by atoms with Gasteiger partial charge in [0.05, 0.1) is 6.54 Å². The zero-order valence-corrected chi connectivity index (χ0v) is 8.36. The van der Waals surface area contributed by atoms with Crippen molar-refractivity contribution in [2.24, 2.45) is 5.92 Å². The van der Waals surface area contributed by atoms with Crippen LogP contribution in [0.2, 0.25) is 0 Å². The Morgan fingerprint density at radius 3 is 2.93 bits per heavy atom. The molecule has 1 atom stereocenters. The molecule has 0 aromatic heterocycles. The SMILES string of the molecule is CC1C=CC2=C(C=C1)OC(=O)N(C)C2. The fourth-order valence-corrected chi connectivity index (χ4v) is 1.48. The van der Waals surface area contributed by atoms with E-state index >= 15 is 0 Å². The van der Waals surface area contributed by atoms with E-state index in [-0.39, 0.29) is 6.09 Å². The Morgan fingerprint density at radius 2 is 2.14 bits per heavy atom. The lowest BCUT2D eigenvalue weighted by atomic mass is 10.1. The first-order valence-corrected chi connectivity index (χ1v) is 4.69. The lowest BCUT2D eigenvalue weighted by Crippen LogP contribution is -2.33. The molecule has 74 valence electrons. The fourth-order valence-electron chi connectivity index (χ4n) is 1.48. The predicted molar refractivity (Wildman–Crippen MR) is 53.6 cm³/mol. The molecule has 1 aliphatic heterocycles. The van der Waals surface area contributed by atoms with Gasteiger partial charge in [-0.05, 0) is 12.0 Å². The summed E-state index contributed by atoms with van der Waals surface area (Å²) in [4.78, 5) is 12.8. The highest BCUT2D eigenvalue weighted by atomic mass is 16.6. The average molecular weight is 191 g/mol. The van der Waals surface area contributed by atoms with Gasteiger partial charge in [-0.3, -0.25) is 0 Å². The number of carbonyl (C=O) groups is 1. The molecule has 0 aromatic rings. The molecule has 3 heteroatoms. The summed E-state index contributed by atoms with van der Waals surface area (Å²) in [6, 6.07) is 0. The van der Waals surface area contributed by atoms with Crippen molar-refractivity contribution >= 4 is 6.09 Å². The summed E-state index contributed by atoms with van der Waals surface area (Å²) in [5, 5.41) is 0. The maximum absolute atomic E-state index is 11.3. The van der Waals surface area contributed by atoms with Crippen LogP contribution in [0.15, 0.2) is 35.6 Å². The Morgan fingerprint density at radius 1 is 1.43 bits per heavy atom. The first-order valence-electron chi connectivity index (χ1n) is 4.69. The van der Waals surface area contributed by atoms with E-state index in [9.17, 15) is 4.79 Å². The predicted octanol–water partition coefficient (Wildman–Crippen LogP) is 2.08. The van der Waals surface area contributed by atoms with Gasteiger partial charge in [-0.25, -0.2) is 4.79 Å². The molecule has 0 radical (unpaired) electrons. The van der Waals surface area contributed by atoms with Gasteiger partial charge in [0.15, 0.2) is 0 Å². The molecular formula is C11H13NO2. The molecule has 1 aliphatic carbocycles. The molecule has 0 N–H and O–H groups in total. The van der Waals surface area contributed by atoms with Gasteiger partial charge >= 0.3 is 6.09 Å². The first-order chi connectivity index (χ1) is 6.66. The molecule has 0 aromatic carbocycles. The maximum Gasteiger partial charge on any atom is 0.415 e. The van der Waals surface area contributed by atoms with Crippen molar-refractivity contribution in [3.05, 3.63) is 35.6 Å². The molecule has 1 heterocycles. The number of likely N-dealkylation sites (N-methyl/N-ethyl adjacent to an activating group) is 1. The number of hydrogen-bond acceptors (Lipinski definition) is 2. The van der Waals surface area contributed by atoms with Crippen molar-refractivity contribution in [1.82, 2.24) is 4.90 Å². The third kappa shape index (κ3) is 1.58. The number of carbonyl (C=O) groups excluding carboxylic acids is 1. The number of nitrogens with zero attached hydrogens (tertiary/aromatic N) is 1. The van der Waals surface area contributed by atoms with Crippen molar-refractivity contribution in [3.8, 4) is 0 Å². The number of ether oxygens (including phenoxy) is 1. The summed E-state index contributed by atoms with van der Waals surface area (Å²) in [6.45, 7) is 2.72. The molecule has 0 spiro atoms. The topological polar surface area (TPSA) is 29.5 Å². The van der Waals surface area contributed by atoms with Crippen LogP contribution in [-0.4, -0.2) is 24.6 Å².